The van der Waals surface area contributed by atoms with Crippen LogP contribution < -0.4 is 10.6 Å². The second-order valence-corrected chi connectivity index (χ2v) is 10.5. The minimum Gasteiger partial charge on any atom is -0.351 e. The van der Waals surface area contributed by atoms with Gasteiger partial charge >= 0.3 is 0 Å². The van der Waals surface area contributed by atoms with Gasteiger partial charge in [0.05, 0.1) is 6.04 Å². The van der Waals surface area contributed by atoms with Crippen LogP contribution in [0.3, 0.4) is 0 Å². The van der Waals surface area contributed by atoms with Crippen molar-refractivity contribution in [3.05, 3.63) is 65.2 Å². The van der Waals surface area contributed by atoms with Gasteiger partial charge in [0.25, 0.3) is 11.8 Å². The van der Waals surface area contributed by atoms with E-state index in [1.54, 1.807) is 24.3 Å². The van der Waals surface area contributed by atoms with E-state index in [2.05, 4.69) is 32.7 Å². The van der Waals surface area contributed by atoms with Crippen LogP contribution in [0.1, 0.15) is 66.1 Å². The van der Waals surface area contributed by atoms with Crippen molar-refractivity contribution in [2.24, 2.45) is 4.99 Å². The van der Waals surface area contributed by atoms with Gasteiger partial charge in [0, 0.05) is 30.8 Å². The van der Waals surface area contributed by atoms with Crippen molar-refractivity contribution in [1.29, 1.82) is 0 Å². The highest BCUT2D eigenvalue weighted by molar-refractivity contribution is 8.15. The first-order valence-electron chi connectivity index (χ1n) is 12.4. The van der Waals surface area contributed by atoms with Crippen molar-refractivity contribution in [2.75, 3.05) is 18.4 Å². The predicted molar refractivity (Wildman–Crippen MR) is 139 cm³/mol. The molecule has 0 radical (unpaired) electrons. The van der Waals surface area contributed by atoms with Crippen LogP contribution in [0, 0.1) is 0 Å². The first kappa shape index (κ1) is 23.6. The molecule has 1 aliphatic carbocycles. The van der Waals surface area contributed by atoms with Gasteiger partial charge in [-0.05, 0) is 67.9 Å². The number of likely N-dealkylation sites (tertiary alicyclic amines) is 1. The third-order valence-corrected chi connectivity index (χ3v) is 8.02. The summed E-state index contributed by atoms with van der Waals surface area (Å²) in [4.78, 5) is 44.4. The number of amides is 3. The van der Waals surface area contributed by atoms with Crippen LogP contribution in [-0.2, 0) is 16.0 Å². The highest BCUT2D eigenvalue weighted by Gasteiger charge is 2.33. The fraction of sp³-hybridized carbons (Fsp3) is 0.407. The number of aliphatic imine (C=N–C) groups is 1. The summed E-state index contributed by atoms with van der Waals surface area (Å²) in [5, 5.41) is 6.25. The van der Waals surface area contributed by atoms with Gasteiger partial charge in [-0.3, -0.25) is 14.4 Å². The number of nitrogens with zero attached hydrogens (tertiary/aromatic N) is 2. The van der Waals surface area contributed by atoms with Crippen molar-refractivity contribution < 1.29 is 14.4 Å². The van der Waals surface area contributed by atoms with Crippen LogP contribution in [0.5, 0.6) is 0 Å². The van der Waals surface area contributed by atoms with E-state index in [0.717, 1.165) is 50.4 Å². The molecule has 1 saturated heterocycles. The minimum atomic E-state index is -0.496. The average molecular weight is 491 g/mol. The molecule has 0 unspecified atom stereocenters. The van der Waals surface area contributed by atoms with Gasteiger partial charge in [-0.1, -0.05) is 42.1 Å². The molecule has 3 aliphatic rings. The van der Waals surface area contributed by atoms with Gasteiger partial charge in [-0.25, -0.2) is 0 Å². The topological polar surface area (TPSA) is 90.9 Å². The van der Waals surface area contributed by atoms with Crippen LogP contribution >= 0.6 is 11.8 Å². The van der Waals surface area contributed by atoms with Crippen molar-refractivity contribution in [1.82, 2.24) is 10.2 Å². The van der Waals surface area contributed by atoms with Gasteiger partial charge in [-0.15, -0.1) is 0 Å². The molecule has 7 nitrogen and oxygen atoms in total. The predicted octanol–water partition coefficient (Wildman–Crippen LogP) is 4.31. The number of piperidine rings is 1. The monoisotopic (exact) mass is 490 g/mol. The van der Waals surface area contributed by atoms with Gasteiger partial charge < -0.3 is 15.5 Å². The van der Waals surface area contributed by atoms with E-state index < -0.39 is 5.25 Å². The number of carbonyl (C=O) groups excluding carboxylic acids is 3. The lowest BCUT2D eigenvalue weighted by Gasteiger charge is -2.27. The first-order valence-corrected chi connectivity index (χ1v) is 13.3. The van der Waals surface area contributed by atoms with Crippen LogP contribution in [-0.4, -0.2) is 46.1 Å². The molecule has 2 heterocycles. The summed E-state index contributed by atoms with van der Waals surface area (Å²) in [7, 11) is 0. The Bertz CT molecular complexity index is 1160. The zero-order valence-corrected chi connectivity index (χ0v) is 20.5. The standard InChI is InChI=1S/C27H30N4O3S/c32-24(17-23-26(34)30-27(35-23)31-14-4-1-5-15-31)28-20-11-6-10-19(16-20)25(33)29-22-13-7-9-18-8-2-3-12-21(18)22/h2-3,6,8,10-12,16,22-23H,1,4-5,7,9,13-15,17H2,(H,28,32)(H,29,33)/t22-,23+/m0/s1. The summed E-state index contributed by atoms with van der Waals surface area (Å²) in [5.74, 6) is -0.666. The normalized spacial score (nSPS) is 21.8. The Morgan fingerprint density at radius 1 is 1.03 bits per heavy atom. The molecule has 0 saturated carbocycles. The number of carbonyl (C=O) groups is 3. The van der Waals surface area contributed by atoms with Gasteiger partial charge in [0.15, 0.2) is 5.17 Å². The molecule has 0 bridgehead atoms. The van der Waals surface area contributed by atoms with Crippen molar-refractivity contribution in [2.45, 2.75) is 56.2 Å². The average Bonchev–Trinajstić information content (AvgIpc) is 3.24. The second kappa shape index (κ2) is 10.6. The highest BCUT2D eigenvalue weighted by atomic mass is 32.2. The van der Waals surface area contributed by atoms with Crippen molar-refractivity contribution in [3.63, 3.8) is 0 Å². The largest absolute Gasteiger partial charge is 0.351 e. The molecule has 5 rings (SSSR count). The molecule has 1 fully saturated rings. The first-order chi connectivity index (χ1) is 17.1. The zero-order valence-electron chi connectivity index (χ0n) is 19.7. The number of hydrogen-bond donors (Lipinski definition) is 2. The Balaban J connectivity index is 1.17. The van der Waals surface area contributed by atoms with Gasteiger partial charge in [0.2, 0.25) is 5.91 Å². The number of anilines is 1. The van der Waals surface area contributed by atoms with Crippen LogP contribution in [0.2, 0.25) is 0 Å². The molecule has 2 aromatic carbocycles. The Kier molecular flexibility index (Phi) is 7.18. The van der Waals surface area contributed by atoms with Gasteiger partial charge in [-0.2, -0.15) is 4.99 Å². The quantitative estimate of drug-likeness (QED) is 0.652. The maximum absolute atomic E-state index is 13.0. The number of amidine groups is 1. The lowest BCUT2D eigenvalue weighted by Crippen LogP contribution is -2.33. The lowest BCUT2D eigenvalue weighted by molar-refractivity contribution is -0.121. The summed E-state index contributed by atoms with van der Waals surface area (Å²) in [6, 6.07) is 15.2. The number of nitrogens with one attached hydrogen (secondary N) is 2. The maximum atomic E-state index is 13.0. The molecular weight excluding hydrogens is 460 g/mol. The van der Waals surface area contributed by atoms with E-state index in [9.17, 15) is 14.4 Å². The smallest absolute Gasteiger partial charge is 0.262 e. The molecule has 0 aromatic heterocycles. The number of rotatable bonds is 5. The third kappa shape index (κ3) is 5.59. The van der Waals surface area contributed by atoms with Crippen molar-refractivity contribution >= 4 is 40.3 Å². The SMILES string of the molecule is O=C(C[C@H]1SC(N2CCCCC2)=NC1=O)Nc1cccc(C(=O)N[C@H]2CCCc3ccccc32)c1. The molecular formula is C27H30N4O3S. The van der Waals surface area contributed by atoms with E-state index >= 15 is 0 Å². The molecule has 3 amide bonds. The number of benzene rings is 2. The molecule has 0 spiro atoms. The van der Waals surface area contributed by atoms with Gasteiger partial charge in [0.1, 0.15) is 5.25 Å². The van der Waals surface area contributed by atoms with E-state index in [-0.39, 0.29) is 30.2 Å². The lowest BCUT2D eigenvalue weighted by atomic mass is 9.87. The molecule has 2 aliphatic heterocycles. The van der Waals surface area contributed by atoms with Crippen LogP contribution in [0.4, 0.5) is 5.69 Å². The molecule has 2 atom stereocenters. The van der Waals surface area contributed by atoms with Crippen LogP contribution in [0.25, 0.3) is 0 Å². The Labute approximate surface area is 209 Å². The zero-order chi connectivity index (χ0) is 24.2. The Morgan fingerprint density at radius 2 is 1.86 bits per heavy atom. The summed E-state index contributed by atoms with van der Waals surface area (Å²) in [6.45, 7) is 1.83. The van der Waals surface area contributed by atoms with Crippen LogP contribution in [0.15, 0.2) is 53.5 Å². The minimum absolute atomic E-state index is 0.00907. The molecule has 35 heavy (non-hydrogen) atoms. The Morgan fingerprint density at radius 3 is 2.71 bits per heavy atom. The number of hydrogen-bond acceptors (Lipinski definition) is 5. The molecule has 2 N–H and O–H groups in total. The Hall–Kier alpha value is -3.13. The number of thioether (sulfide) groups is 1. The third-order valence-electron chi connectivity index (χ3n) is 6.81. The molecule has 182 valence electrons. The number of aryl methyl sites for hydroxylation is 1. The van der Waals surface area contributed by atoms with E-state index in [0.29, 0.717) is 11.3 Å². The second-order valence-electron chi connectivity index (χ2n) is 9.34. The van der Waals surface area contributed by atoms with E-state index in [4.69, 9.17) is 0 Å². The fourth-order valence-electron chi connectivity index (χ4n) is 4.99. The summed E-state index contributed by atoms with van der Waals surface area (Å²) >= 11 is 1.39. The molecule has 8 heteroatoms. The summed E-state index contributed by atoms with van der Waals surface area (Å²) in [6.07, 6.45) is 6.47. The molecule has 2 aromatic rings. The fourth-order valence-corrected chi connectivity index (χ4v) is 6.11. The summed E-state index contributed by atoms with van der Waals surface area (Å²) in [5.41, 5.74) is 3.51. The van der Waals surface area contributed by atoms with Crippen molar-refractivity contribution in [3.8, 4) is 0 Å². The maximum Gasteiger partial charge on any atom is 0.262 e. The van der Waals surface area contributed by atoms with E-state index in [1.165, 1.54) is 29.3 Å². The van der Waals surface area contributed by atoms with E-state index in [1.807, 2.05) is 12.1 Å². The highest BCUT2D eigenvalue weighted by Crippen LogP contribution is 2.31. The number of fused-ring (bicyclic) bond motifs is 1. The summed E-state index contributed by atoms with van der Waals surface area (Å²) < 4.78 is 0.